The molecule has 1 unspecified atom stereocenters. The molecule has 1 fully saturated rings. The fourth-order valence-corrected chi connectivity index (χ4v) is 2.20. The first-order valence-electron chi connectivity index (χ1n) is 6.48. The molecule has 20 heavy (non-hydrogen) atoms. The minimum Gasteiger partial charge on any atom is -0.381 e. The Hall–Kier alpha value is -1.60. The number of benzene rings is 1. The van der Waals surface area contributed by atoms with Crippen LogP contribution in [-0.4, -0.2) is 24.7 Å². The molecule has 7 heteroatoms. The zero-order valence-electron chi connectivity index (χ0n) is 10.9. The van der Waals surface area contributed by atoms with Gasteiger partial charge in [-0.2, -0.15) is 4.39 Å². The average Bonchev–Trinajstić information content (AvgIpc) is 2.89. The number of halogens is 2. The van der Waals surface area contributed by atoms with Crippen LogP contribution in [0.15, 0.2) is 12.1 Å². The molecule has 1 aliphatic rings. The third-order valence-electron chi connectivity index (χ3n) is 3.38. The normalized spacial score (nSPS) is 18.4. The molecule has 0 aliphatic carbocycles. The summed E-state index contributed by atoms with van der Waals surface area (Å²) in [6, 6.07) is 1.50. The lowest BCUT2D eigenvalue weighted by Crippen LogP contribution is -2.19. The summed E-state index contributed by atoms with van der Waals surface area (Å²) >= 11 is 0. The molecule has 0 bridgehead atoms. The van der Waals surface area contributed by atoms with E-state index >= 15 is 0 Å². The molecule has 1 atom stereocenters. The smallest absolute Gasteiger partial charge is 0.305 e. The Bertz CT molecular complexity index is 491. The Morgan fingerprint density at radius 1 is 1.40 bits per heavy atom. The standard InChI is InChI=1S/C13H16F2N2O3/c14-11-6-12(15)13(17(18)19)5-10(11)7-16-3-1-9-2-4-20-8-9/h5-6,9,16H,1-4,7-8H2. The molecule has 2 rings (SSSR count). The summed E-state index contributed by atoms with van der Waals surface area (Å²) in [7, 11) is 0. The van der Waals surface area contributed by atoms with Crippen molar-refractivity contribution in [1.82, 2.24) is 5.32 Å². The van der Waals surface area contributed by atoms with Gasteiger partial charge < -0.3 is 10.1 Å². The van der Waals surface area contributed by atoms with Crippen LogP contribution in [0.1, 0.15) is 18.4 Å². The molecule has 0 radical (unpaired) electrons. The zero-order chi connectivity index (χ0) is 14.5. The van der Waals surface area contributed by atoms with E-state index in [1.165, 1.54) is 0 Å². The SMILES string of the molecule is O=[N+]([O-])c1cc(CNCCC2CCOC2)c(F)cc1F. The highest BCUT2D eigenvalue weighted by Crippen LogP contribution is 2.21. The Labute approximate surface area is 115 Å². The van der Waals surface area contributed by atoms with Crippen LogP contribution in [0.5, 0.6) is 0 Å². The number of rotatable bonds is 6. The lowest BCUT2D eigenvalue weighted by Gasteiger charge is -2.09. The summed E-state index contributed by atoms with van der Waals surface area (Å²) in [6.45, 7) is 2.33. The van der Waals surface area contributed by atoms with Gasteiger partial charge in [0.15, 0.2) is 0 Å². The second-order valence-corrected chi connectivity index (χ2v) is 4.85. The monoisotopic (exact) mass is 286 g/mol. The largest absolute Gasteiger partial charge is 0.381 e. The summed E-state index contributed by atoms with van der Waals surface area (Å²) in [4.78, 5) is 9.74. The van der Waals surface area contributed by atoms with Gasteiger partial charge in [0, 0.05) is 37.5 Å². The van der Waals surface area contributed by atoms with Crippen molar-refractivity contribution in [3.63, 3.8) is 0 Å². The van der Waals surface area contributed by atoms with E-state index in [9.17, 15) is 18.9 Å². The van der Waals surface area contributed by atoms with Crippen molar-refractivity contribution in [1.29, 1.82) is 0 Å². The molecule has 1 saturated heterocycles. The summed E-state index contributed by atoms with van der Waals surface area (Å²) in [5, 5.41) is 13.6. The summed E-state index contributed by atoms with van der Waals surface area (Å²) in [5.74, 6) is -1.42. The maximum absolute atomic E-state index is 13.5. The first-order valence-corrected chi connectivity index (χ1v) is 6.48. The van der Waals surface area contributed by atoms with Crippen LogP contribution in [0, 0.1) is 27.7 Å². The molecule has 5 nitrogen and oxygen atoms in total. The highest BCUT2D eigenvalue weighted by Gasteiger charge is 2.18. The minimum atomic E-state index is -1.15. The van der Waals surface area contributed by atoms with E-state index in [-0.39, 0.29) is 12.1 Å². The van der Waals surface area contributed by atoms with Crippen LogP contribution >= 0.6 is 0 Å². The van der Waals surface area contributed by atoms with Crippen LogP contribution in [0.4, 0.5) is 14.5 Å². The van der Waals surface area contributed by atoms with Gasteiger partial charge in [0.2, 0.25) is 5.82 Å². The van der Waals surface area contributed by atoms with Crippen LogP contribution in [0.25, 0.3) is 0 Å². The van der Waals surface area contributed by atoms with Crippen molar-refractivity contribution in [3.8, 4) is 0 Å². The van der Waals surface area contributed by atoms with E-state index in [4.69, 9.17) is 4.74 Å². The van der Waals surface area contributed by atoms with Crippen LogP contribution in [-0.2, 0) is 11.3 Å². The third-order valence-corrected chi connectivity index (χ3v) is 3.38. The van der Waals surface area contributed by atoms with Gasteiger partial charge in [0.05, 0.1) is 4.92 Å². The van der Waals surface area contributed by atoms with Gasteiger partial charge in [-0.3, -0.25) is 10.1 Å². The van der Waals surface area contributed by atoms with Gasteiger partial charge in [0.1, 0.15) is 5.82 Å². The molecular formula is C13H16F2N2O3. The number of nitrogens with zero attached hydrogens (tertiary/aromatic N) is 1. The molecule has 1 N–H and O–H groups in total. The molecule has 1 aliphatic heterocycles. The van der Waals surface area contributed by atoms with Crippen molar-refractivity contribution in [2.24, 2.45) is 5.92 Å². The van der Waals surface area contributed by atoms with E-state index in [0.717, 1.165) is 32.1 Å². The number of hydrogen-bond acceptors (Lipinski definition) is 4. The van der Waals surface area contributed by atoms with Gasteiger partial charge in [0.25, 0.3) is 0 Å². The minimum absolute atomic E-state index is 0.0979. The maximum Gasteiger partial charge on any atom is 0.305 e. The Kier molecular flexibility index (Phi) is 4.97. The van der Waals surface area contributed by atoms with Crippen molar-refractivity contribution in [3.05, 3.63) is 39.4 Å². The average molecular weight is 286 g/mol. The van der Waals surface area contributed by atoms with Gasteiger partial charge in [-0.15, -0.1) is 0 Å². The molecule has 0 saturated carbocycles. The van der Waals surface area contributed by atoms with Gasteiger partial charge >= 0.3 is 5.69 Å². The Morgan fingerprint density at radius 2 is 2.20 bits per heavy atom. The molecule has 110 valence electrons. The summed E-state index contributed by atoms with van der Waals surface area (Å²) < 4.78 is 31.9. The van der Waals surface area contributed by atoms with E-state index in [2.05, 4.69) is 5.32 Å². The van der Waals surface area contributed by atoms with E-state index in [1.54, 1.807) is 0 Å². The maximum atomic E-state index is 13.5. The highest BCUT2D eigenvalue weighted by molar-refractivity contribution is 5.37. The highest BCUT2D eigenvalue weighted by atomic mass is 19.1. The number of ether oxygens (including phenoxy) is 1. The van der Waals surface area contributed by atoms with Crippen molar-refractivity contribution in [2.75, 3.05) is 19.8 Å². The quantitative estimate of drug-likeness (QED) is 0.495. The van der Waals surface area contributed by atoms with Crippen molar-refractivity contribution in [2.45, 2.75) is 19.4 Å². The summed E-state index contributed by atoms with van der Waals surface area (Å²) in [6.07, 6.45) is 1.93. The Morgan fingerprint density at radius 3 is 2.85 bits per heavy atom. The summed E-state index contributed by atoms with van der Waals surface area (Å²) in [5.41, 5.74) is -0.604. The number of hydrogen-bond donors (Lipinski definition) is 1. The van der Waals surface area contributed by atoms with E-state index < -0.39 is 22.2 Å². The van der Waals surface area contributed by atoms with Gasteiger partial charge in [-0.25, -0.2) is 4.39 Å². The van der Waals surface area contributed by atoms with E-state index in [1.807, 2.05) is 0 Å². The number of nitro benzene ring substituents is 1. The topological polar surface area (TPSA) is 64.4 Å². The predicted octanol–water partition coefficient (Wildman–Crippen LogP) is 2.39. The molecule has 1 heterocycles. The molecule has 0 aromatic heterocycles. The lowest BCUT2D eigenvalue weighted by atomic mass is 10.1. The third kappa shape index (κ3) is 3.71. The van der Waals surface area contributed by atoms with Gasteiger partial charge in [-0.05, 0) is 25.3 Å². The molecule has 1 aromatic rings. The molecular weight excluding hydrogens is 270 g/mol. The fourth-order valence-electron chi connectivity index (χ4n) is 2.20. The second kappa shape index (κ2) is 6.71. The molecule has 0 spiro atoms. The van der Waals surface area contributed by atoms with Crippen LogP contribution in [0.3, 0.4) is 0 Å². The first kappa shape index (κ1) is 14.8. The van der Waals surface area contributed by atoms with Crippen molar-refractivity contribution < 1.29 is 18.4 Å². The Balaban J connectivity index is 1.88. The second-order valence-electron chi connectivity index (χ2n) is 4.85. The van der Waals surface area contributed by atoms with Crippen molar-refractivity contribution >= 4 is 5.69 Å². The van der Waals surface area contributed by atoms with Crippen LogP contribution < -0.4 is 5.32 Å². The van der Waals surface area contributed by atoms with Crippen LogP contribution in [0.2, 0.25) is 0 Å². The molecule has 1 aromatic carbocycles. The molecule has 0 amide bonds. The van der Waals surface area contributed by atoms with E-state index in [0.29, 0.717) is 18.5 Å². The number of nitro groups is 1. The number of nitrogens with one attached hydrogen (secondary N) is 1. The predicted molar refractivity (Wildman–Crippen MR) is 68.3 cm³/mol. The first-order chi connectivity index (χ1) is 9.58. The zero-order valence-corrected chi connectivity index (χ0v) is 10.9. The fraction of sp³-hybridized carbons (Fsp3) is 0.538. The van der Waals surface area contributed by atoms with Gasteiger partial charge in [-0.1, -0.05) is 0 Å². The lowest BCUT2D eigenvalue weighted by molar-refractivity contribution is -0.387.